The molecule has 5 heteroatoms. The number of anilines is 1. The highest BCUT2D eigenvalue weighted by atomic mass is 16.5. The number of hydrogen-bond acceptors (Lipinski definition) is 4. The third-order valence-electron chi connectivity index (χ3n) is 3.60. The molecule has 1 aromatic carbocycles. The maximum Gasteiger partial charge on any atom is 0.142 e. The molecule has 0 saturated carbocycles. The van der Waals surface area contributed by atoms with E-state index in [4.69, 9.17) is 10.5 Å². The summed E-state index contributed by atoms with van der Waals surface area (Å²) in [5.74, 6) is 0.907. The van der Waals surface area contributed by atoms with Gasteiger partial charge in [-0.15, -0.1) is 0 Å². The number of nitrogens with zero attached hydrogens (tertiary/aromatic N) is 3. The summed E-state index contributed by atoms with van der Waals surface area (Å²) in [6, 6.07) is 8.10. The largest absolute Gasteiger partial charge is 0.495 e. The fraction of sp³-hybridized carbons (Fsp3) is 0.357. The lowest BCUT2D eigenvalue weighted by atomic mass is 10.2. The van der Waals surface area contributed by atoms with Gasteiger partial charge in [0, 0.05) is 19.6 Å². The van der Waals surface area contributed by atoms with E-state index in [1.54, 1.807) is 7.11 Å². The average Bonchev–Trinajstić information content (AvgIpc) is 2.89. The van der Waals surface area contributed by atoms with Gasteiger partial charge in [-0.25, -0.2) is 4.98 Å². The second-order valence-corrected chi connectivity index (χ2v) is 4.63. The molecule has 0 aliphatic carbocycles. The van der Waals surface area contributed by atoms with Gasteiger partial charge >= 0.3 is 0 Å². The quantitative estimate of drug-likeness (QED) is 0.903. The normalized spacial score (nSPS) is 14.3. The molecule has 5 nitrogen and oxygen atoms in total. The Morgan fingerprint density at radius 3 is 2.95 bits per heavy atom. The lowest BCUT2D eigenvalue weighted by Crippen LogP contribution is -2.34. The molecule has 2 heterocycles. The zero-order valence-electron chi connectivity index (χ0n) is 11.0. The van der Waals surface area contributed by atoms with E-state index >= 15 is 0 Å². The Kier molecular flexibility index (Phi) is 3.13. The summed E-state index contributed by atoms with van der Waals surface area (Å²) in [7, 11) is 1.71. The fourth-order valence-electron chi connectivity index (χ4n) is 2.58. The molecular weight excluding hydrogens is 240 g/mol. The smallest absolute Gasteiger partial charge is 0.142 e. The van der Waals surface area contributed by atoms with Crippen molar-refractivity contribution in [3.63, 3.8) is 0 Å². The van der Waals surface area contributed by atoms with E-state index in [-0.39, 0.29) is 0 Å². The molecule has 0 fully saturated rings. The number of benzene rings is 1. The summed E-state index contributed by atoms with van der Waals surface area (Å²) < 4.78 is 7.62. The molecule has 0 saturated heterocycles. The van der Waals surface area contributed by atoms with Crippen molar-refractivity contribution in [1.82, 2.24) is 9.55 Å². The van der Waals surface area contributed by atoms with E-state index in [1.807, 2.05) is 24.5 Å². The van der Waals surface area contributed by atoms with Crippen LogP contribution in [0.3, 0.4) is 0 Å². The van der Waals surface area contributed by atoms with Gasteiger partial charge in [0.1, 0.15) is 5.75 Å². The maximum absolute atomic E-state index is 5.74. The van der Waals surface area contributed by atoms with Gasteiger partial charge in [0.2, 0.25) is 0 Å². The molecule has 2 aromatic rings. The van der Waals surface area contributed by atoms with Crippen LogP contribution in [0.2, 0.25) is 0 Å². The number of ether oxygens (including phenoxy) is 1. The summed E-state index contributed by atoms with van der Waals surface area (Å²) in [5.41, 5.74) is 9.06. The highest BCUT2D eigenvalue weighted by Gasteiger charge is 2.21. The summed E-state index contributed by atoms with van der Waals surface area (Å²) in [6.07, 6.45) is 1.89. The number of hydrogen-bond donors (Lipinski definition) is 1. The summed E-state index contributed by atoms with van der Waals surface area (Å²) in [4.78, 5) is 6.68. The van der Waals surface area contributed by atoms with Gasteiger partial charge < -0.3 is 19.9 Å². The second-order valence-electron chi connectivity index (χ2n) is 4.63. The van der Waals surface area contributed by atoms with Gasteiger partial charge in [-0.05, 0) is 12.1 Å². The number of rotatable bonds is 3. The molecule has 3 rings (SSSR count). The van der Waals surface area contributed by atoms with E-state index in [2.05, 4.69) is 20.5 Å². The fourth-order valence-corrected chi connectivity index (χ4v) is 2.58. The maximum atomic E-state index is 5.74. The van der Waals surface area contributed by atoms with E-state index in [9.17, 15) is 0 Å². The van der Waals surface area contributed by atoms with E-state index in [1.165, 1.54) is 5.69 Å². The van der Waals surface area contributed by atoms with Crippen molar-refractivity contribution in [2.75, 3.05) is 18.6 Å². The first-order chi connectivity index (χ1) is 9.33. The Bertz CT molecular complexity index is 565. The SMILES string of the molecule is COc1ccccc1N1CCn2cnc(CN)c2C1. The van der Waals surface area contributed by atoms with Gasteiger partial charge in [0.15, 0.2) is 0 Å². The zero-order valence-corrected chi connectivity index (χ0v) is 11.0. The summed E-state index contributed by atoms with van der Waals surface area (Å²) >= 11 is 0. The molecule has 0 radical (unpaired) electrons. The minimum absolute atomic E-state index is 0.488. The van der Waals surface area contributed by atoms with Gasteiger partial charge in [-0.2, -0.15) is 0 Å². The van der Waals surface area contributed by atoms with Crippen LogP contribution in [0, 0.1) is 0 Å². The molecule has 0 amide bonds. The third-order valence-corrected chi connectivity index (χ3v) is 3.60. The van der Waals surface area contributed by atoms with Crippen LogP contribution in [0.25, 0.3) is 0 Å². The van der Waals surface area contributed by atoms with Crippen LogP contribution < -0.4 is 15.4 Å². The monoisotopic (exact) mass is 258 g/mol. The van der Waals surface area contributed by atoms with Crippen molar-refractivity contribution in [3.05, 3.63) is 42.0 Å². The first-order valence-electron chi connectivity index (χ1n) is 6.44. The summed E-state index contributed by atoms with van der Waals surface area (Å²) in [5, 5.41) is 0. The number of para-hydroxylation sites is 2. The summed E-state index contributed by atoms with van der Waals surface area (Å²) in [6.45, 7) is 3.20. The molecule has 1 aliphatic heterocycles. The van der Waals surface area contributed by atoms with Crippen LogP contribution in [0.1, 0.15) is 11.4 Å². The molecule has 1 aromatic heterocycles. The topological polar surface area (TPSA) is 56.3 Å². The second kappa shape index (κ2) is 4.93. The van der Waals surface area contributed by atoms with Crippen LogP contribution >= 0.6 is 0 Å². The Morgan fingerprint density at radius 2 is 2.16 bits per heavy atom. The van der Waals surface area contributed by atoms with Gasteiger partial charge in [0.25, 0.3) is 0 Å². The molecule has 0 atom stereocenters. The van der Waals surface area contributed by atoms with Crippen molar-refractivity contribution in [2.45, 2.75) is 19.6 Å². The predicted octanol–water partition coefficient (Wildman–Crippen LogP) is 1.37. The van der Waals surface area contributed by atoms with E-state index in [0.717, 1.165) is 36.8 Å². The van der Waals surface area contributed by atoms with Crippen molar-refractivity contribution >= 4 is 5.69 Å². The number of imidazole rings is 1. The first-order valence-corrected chi connectivity index (χ1v) is 6.44. The van der Waals surface area contributed by atoms with Gasteiger partial charge in [-0.3, -0.25) is 0 Å². The van der Waals surface area contributed by atoms with Crippen LogP contribution in [0.4, 0.5) is 5.69 Å². The minimum atomic E-state index is 0.488. The van der Waals surface area contributed by atoms with E-state index in [0.29, 0.717) is 6.54 Å². The first kappa shape index (κ1) is 12.0. The number of nitrogens with two attached hydrogens (primary N) is 1. The standard InChI is InChI=1S/C14H18N4O/c1-19-14-5-3-2-4-12(14)17-6-7-18-10-16-11(8-15)13(18)9-17/h2-5,10H,6-9,15H2,1H3. The number of aromatic nitrogens is 2. The lowest BCUT2D eigenvalue weighted by molar-refractivity contribution is 0.412. The highest BCUT2D eigenvalue weighted by molar-refractivity contribution is 5.58. The molecular formula is C14H18N4O. The Morgan fingerprint density at radius 1 is 1.32 bits per heavy atom. The van der Waals surface area contributed by atoms with Crippen molar-refractivity contribution in [2.24, 2.45) is 5.73 Å². The average molecular weight is 258 g/mol. The van der Waals surface area contributed by atoms with Crippen LogP contribution in [-0.2, 0) is 19.6 Å². The Labute approximate surface area is 112 Å². The lowest BCUT2D eigenvalue weighted by Gasteiger charge is -2.31. The predicted molar refractivity (Wildman–Crippen MR) is 74.2 cm³/mol. The number of fused-ring (bicyclic) bond motifs is 1. The van der Waals surface area contributed by atoms with Gasteiger partial charge in [0.05, 0.1) is 37.1 Å². The van der Waals surface area contributed by atoms with Crippen molar-refractivity contribution < 1.29 is 4.74 Å². The van der Waals surface area contributed by atoms with Gasteiger partial charge in [-0.1, -0.05) is 12.1 Å². The molecule has 19 heavy (non-hydrogen) atoms. The highest BCUT2D eigenvalue weighted by Crippen LogP contribution is 2.30. The molecule has 0 bridgehead atoms. The third kappa shape index (κ3) is 2.06. The Balaban J connectivity index is 1.92. The Hall–Kier alpha value is -2.01. The molecule has 2 N–H and O–H groups in total. The molecule has 0 spiro atoms. The number of methoxy groups -OCH3 is 1. The zero-order chi connectivity index (χ0) is 13.2. The minimum Gasteiger partial charge on any atom is -0.495 e. The molecule has 1 aliphatic rings. The van der Waals surface area contributed by atoms with Crippen molar-refractivity contribution in [1.29, 1.82) is 0 Å². The van der Waals surface area contributed by atoms with E-state index < -0.39 is 0 Å². The van der Waals surface area contributed by atoms with Crippen LogP contribution in [0.5, 0.6) is 5.75 Å². The molecule has 100 valence electrons. The van der Waals surface area contributed by atoms with Crippen molar-refractivity contribution in [3.8, 4) is 5.75 Å². The van der Waals surface area contributed by atoms with Crippen LogP contribution in [-0.4, -0.2) is 23.2 Å². The van der Waals surface area contributed by atoms with Crippen LogP contribution in [0.15, 0.2) is 30.6 Å². The molecule has 0 unspecified atom stereocenters.